The zero-order valence-corrected chi connectivity index (χ0v) is 33.0. The normalized spacial score (nSPS) is 12.3. The van der Waals surface area contributed by atoms with Gasteiger partial charge in [-0.25, -0.2) is 0 Å². The third-order valence-corrected chi connectivity index (χ3v) is 13.3. The lowest BCUT2D eigenvalue weighted by molar-refractivity contribution is 1.14. The molecule has 10 aromatic carbocycles. The van der Waals surface area contributed by atoms with E-state index in [0.29, 0.717) is 0 Å². The van der Waals surface area contributed by atoms with Crippen molar-refractivity contribution in [3.63, 3.8) is 0 Å². The molecule has 3 heterocycles. The highest BCUT2D eigenvalue weighted by molar-refractivity contribution is 6.23. The standard InChI is InChI=1S/C58H35N3/c1-2-17-40(18-3-1)59-51-24-8-6-20-43(51)47-33-38(27-30-53(47)59)39-28-31-55-49(34-39)57-45-22-10-15-37-16-11-23-46(56(37)45)58(57)60(55)41-29-32-54-48(35-41)44-21-7-9-25-52(44)61(54)50-26-12-14-36-13-4-5-19-42(36)50/h1-35H. The van der Waals surface area contributed by atoms with Crippen LogP contribution in [0.4, 0.5) is 0 Å². The molecule has 282 valence electrons. The van der Waals surface area contributed by atoms with Crippen LogP contribution in [-0.4, -0.2) is 13.7 Å². The fourth-order valence-corrected chi connectivity index (χ4v) is 10.8. The highest BCUT2D eigenvalue weighted by atomic mass is 15.0. The smallest absolute Gasteiger partial charge is 0.0626 e. The molecule has 0 amide bonds. The Morgan fingerprint density at radius 3 is 1.61 bits per heavy atom. The fourth-order valence-electron chi connectivity index (χ4n) is 10.8. The molecule has 3 heteroatoms. The van der Waals surface area contributed by atoms with Crippen LogP contribution in [0.25, 0.3) is 127 Å². The summed E-state index contributed by atoms with van der Waals surface area (Å²) >= 11 is 0. The van der Waals surface area contributed by atoms with Gasteiger partial charge >= 0.3 is 0 Å². The summed E-state index contributed by atoms with van der Waals surface area (Å²) in [5, 5.41) is 11.4. The quantitative estimate of drug-likeness (QED) is 0.169. The van der Waals surface area contributed by atoms with Gasteiger partial charge in [-0.05, 0) is 106 Å². The number of fused-ring (bicyclic) bond motifs is 12. The fraction of sp³-hybridized carbons (Fsp3) is 0. The monoisotopic (exact) mass is 773 g/mol. The molecule has 0 saturated carbocycles. The Morgan fingerprint density at radius 2 is 0.820 bits per heavy atom. The molecule has 0 spiro atoms. The first-order valence-corrected chi connectivity index (χ1v) is 21.1. The molecule has 0 aliphatic heterocycles. The van der Waals surface area contributed by atoms with Gasteiger partial charge in [0.1, 0.15) is 0 Å². The minimum atomic E-state index is 1.16. The van der Waals surface area contributed by atoms with Crippen LogP contribution in [0.2, 0.25) is 0 Å². The van der Waals surface area contributed by atoms with Crippen LogP contribution in [0.3, 0.4) is 0 Å². The average molecular weight is 774 g/mol. The predicted molar refractivity (Wildman–Crippen MR) is 257 cm³/mol. The number of benzene rings is 10. The second-order valence-electron chi connectivity index (χ2n) is 16.5. The molecule has 0 N–H and O–H groups in total. The predicted octanol–water partition coefficient (Wildman–Crippen LogP) is 15.4. The molecule has 0 unspecified atom stereocenters. The summed E-state index contributed by atoms with van der Waals surface area (Å²) in [4.78, 5) is 0. The van der Waals surface area contributed by atoms with Gasteiger partial charge in [-0.1, -0.05) is 140 Å². The van der Waals surface area contributed by atoms with Gasteiger partial charge in [0.25, 0.3) is 0 Å². The van der Waals surface area contributed by atoms with E-state index >= 15 is 0 Å². The van der Waals surface area contributed by atoms with Crippen LogP contribution < -0.4 is 0 Å². The van der Waals surface area contributed by atoms with Crippen LogP contribution >= 0.6 is 0 Å². The van der Waals surface area contributed by atoms with Gasteiger partial charge in [-0.2, -0.15) is 0 Å². The van der Waals surface area contributed by atoms with E-state index in [1.165, 1.54) is 121 Å². The van der Waals surface area contributed by atoms with Crippen molar-refractivity contribution in [3.05, 3.63) is 212 Å². The summed E-state index contributed by atoms with van der Waals surface area (Å²) in [6, 6.07) is 78.4. The maximum absolute atomic E-state index is 2.53. The first kappa shape index (κ1) is 32.8. The zero-order chi connectivity index (χ0) is 39.8. The number of rotatable bonds is 4. The van der Waals surface area contributed by atoms with Gasteiger partial charge in [0.05, 0.1) is 39.0 Å². The minimum Gasteiger partial charge on any atom is -0.309 e. The van der Waals surface area contributed by atoms with Crippen LogP contribution in [0, 0.1) is 0 Å². The second kappa shape index (κ2) is 12.2. The van der Waals surface area contributed by atoms with Crippen molar-refractivity contribution >= 4 is 76.1 Å². The van der Waals surface area contributed by atoms with Crippen LogP contribution in [0.1, 0.15) is 0 Å². The van der Waals surface area contributed by atoms with E-state index in [1.54, 1.807) is 0 Å². The van der Waals surface area contributed by atoms with Crippen molar-refractivity contribution in [1.82, 2.24) is 13.7 Å². The van der Waals surface area contributed by atoms with E-state index < -0.39 is 0 Å². The molecule has 3 aromatic heterocycles. The van der Waals surface area contributed by atoms with Crippen LogP contribution in [0.15, 0.2) is 212 Å². The molecule has 1 aliphatic carbocycles. The Kier molecular flexibility index (Phi) is 6.56. The van der Waals surface area contributed by atoms with E-state index in [2.05, 4.69) is 226 Å². The lowest BCUT2D eigenvalue weighted by Crippen LogP contribution is -1.98. The molecular formula is C58H35N3. The molecule has 14 rings (SSSR count). The Bertz CT molecular complexity index is 3980. The van der Waals surface area contributed by atoms with Crippen molar-refractivity contribution in [2.45, 2.75) is 0 Å². The van der Waals surface area contributed by atoms with Gasteiger partial charge in [-0.15, -0.1) is 0 Å². The second-order valence-corrected chi connectivity index (χ2v) is 16.5. The maximum atomic E-state index is 2.53. The zero-order valence-electron chi connectivity index (χ0n) is 33.0. The highest BCUT2D eigenvalue weighted by Crippen LogP contribution is 2.53. The summed E-state index contributed by atoms with van der Waals surface area (Å²) in [6.07, 6.45) is 0. The van der Waals surface area contributed by atoms with Gasteiger partial charge in [-0.3, -0.25) is 0 Å². The number of hydrogen-bond acceptors (Lipinski definition) is 0. The van der Waals surface area contributed by atoms with Gasteiger partial charge in [0.15, 0.2) is 0 Å². The highest BCUT2D eigenvalue weighted by Gasteiger charge is 2.30. The van der Waals surface area contributed by atoms with E-state index in [4.69, 9.17) is 0 Å². The van der Waals surface area contributed by atoms with Crippen molar-refractivity contribution in [1.29, 1.82) is 0 Å². The topological polar surface area (TPSA) is 14.8 Å². The molecule has 0 fully saturated rings. The van der Waals surface area contributed by atoms with Gasteiger partial charge in [0.2, 0.25) is 0 Å². The largest absolute Gasteiger partial charge is 0.309 e. The lowest BCUT2D eigenvalue weighted by atomic mass is 9.98. The van der Waals surface area contributed by atoms with E-state index in [-0.39, 0.29) is 0 Å². The summed E-state index contributed by atoms with van der Waals surface area (Å²) < 4.78 is 7.37. The molecule has 0 bridgehead atoms. The summed E-state index contributed by atoms with van der Waals surface area (Å²) in [6.45, 7) is 0. The molecule has 0 saturated heterocycles. The van der Waals surface area contributed by atoms with E-state index in [0.717, 1.165) is 5.69 Å². The Balaban J connectivity index is 1.01. The minimum absolute atomic E-state index is 1.16. The Hall–Kier alpha value is -8.14. The molecule has 0 atom stereocenters. The average Bonchev–Trinajstić information content (AvgIpc) is 4.04. The Labute approximate surface area is 351 Å². The number of para-hydroxylation sites is 3. The number of hydrogen-bond donors (Lipinski definition) is 0. The molecule has 0 radical (unpaired) electrons. The van der Waals surface area contributed by atoms with Crippen LogP contribution in [-0.2, 0) is 0 Å². The third-order valence-electron chi connectivity index (χ3n) is 13.3. The van der Waals surface area contributed by atoms with Gasteiger partial charge < -0.3 is 13.7 Å². The maximum Gasteiger partial charge on any atom is 0.0626 e. The first-order valence-electron chi connectivity index (χ1n) is 21.1. The lowest BCUT2D eigenvalue weighted by Gasteiger charge is -2.14. The number of aromatic nitrogens is 3. The summed E-state index contributed by atoms with van der Waals surface area (Å²) in [5.41, 5.74) is 17.2. The Morgan fingerprint density at radius 1 is 0.279 bits per heavy atom. The molecule has 13 aromatic rings. The van der Waals surface area contributed by atoms with Crippen molar-refractivity contribution in [2.24, 2.45) is 0 Å². The number of nitrogens with zero attached hydrogens (tertiary/aromatic N) is 3. The van der Waals surface area contributed by atoms with Crippen molar-refractivity contribution in [3.8, 4) is 50.6 Å². The third kappa shape index (κ3) is 4.47. The van der Waals surface area contributed by atoms with Gasteiger partial charge in [0, 0.05) is 54.8 Å². The first-order chi connectivity index (χ1) is 30.3. The summed E-state index contributed by atoms with van der Waals surface area (Å²) in [5.74, 6) is 0. The molecular weight excluding hydrogens is 739 g/mol. The summed E-state index contributed by atoms with van der Waals surface area (Å²) in [7, 11) is 0. The molecule has 3 nitrogen and oxygen atoms in total. The van der Waals surface area contributed by atoms with Crippen LogP contribution in [0.5, 0.6) is 0 Å². The molecule has 61 heavy (non-hydrogen) atoms. The van der Waals surface area contributed by atoms with E-state index in [1.807, 2.05) is 0 Å². The van der Waals surface area contributed by atoms with Crippen molar-refractivity contribution < 1.29 is 0 Å². The van der Waals surface area contributed by atoms with Crippen molar-refractivity contribution in [2.75, 3.05) is 0 Å². The molecule has 1 aliphatic rings. The van der Waals surface area contributed by atoms with E-state index in [9.17, 15) is 0 Å². The SMILES string of the molecule is c1ccc(-n2c3ccccc3c3cc(-c4ccc5c(c4)c4c(n5-c5ccc6c(c5)c5ccccc5n6-c5cccc6ccccc56)-c5cccc6cccc-4c56)ccc32)cc1.